The van der Waals surface area contributed by atoms with Crippen molar-refractivity contribution < 1.29 is 0 Å². The first kappa shape index (κ1) is 15.8. The molecule has 0 unspecified atom stereocenters. The molecule has 0 atom stereocenters. The maximum atomic E-state index is 8.93. The molecular weight excluding hydrogens is 342 g/mol. The molecule has 0 aliphatic heterocycles. The van der Waals surface area contributed by atoms with Gasteiger partial charge in [0.05, 0.1) is 18.5 Å². The van der Waals surface area contributed by atoms with E-state index in [-0.39, 0.29) is 0 Å². The molecule has 9 nitrogen and oxygen atoms in total. The summed E-state index contributed by atoms with van der Waals surface area (Å²) in [6.45, 7) is 0. The minimum atomic E-state index is 0.324. The zero-order valence-electron chi connectivity index (χ0n) is 14.7. The van der Waals surface area contributed by atoms with Crippen molar-refractivity contribution >= 4 is 22.1 Å². The molecular formula is C18H19N9. The maximum Gasteiger partial charge on any atom is 0.182 e. The first-order valence-electron chi connectivity index (χ1n) is 9.17. The summed E-state index contributed by atoms with van der Waals surface area (Å²) in [6, 6.07) is 4.64. The highest BCUT2D eigenvalue weighted by atomic mass is 15.5. The van der Waals surface area contributed by atoms with E-state index in [1.807, 2.05) is 16.9 Å². The number of H-pyrrole nitrogens is 2. The van der Waals surface area contributed by atoms with E-state index in [1.54, 1.807) is 12.4 Å². The number of rotatable bonds is 4. The third kappa shape index (κ3) is 2.70. The lowest BCUT2D eigenvalue weighted by molar-refractivity contribution is 0.333. The van der Waals surface area contributed by atoms with Gasteiger partial charge in [-0.3, -0.25) is 0 Å². The highest BCUT2D eigenvalue weighted by Gasteiger charge is 2.24. The van der Waals surface area contributed by atoms with Gasteiger partial charge in [-0.1, -0.05) is 0 Å². The number of hydrogen-bond donors (Lipinski definition) is 3. The first-order chi connectivity index (χ1) is 13.3. The Morgan fingerprint density at radius 1 is 1.26 bits per heavy atom. The Balaban J connectivity index is 1.56. The van der Waals surface area contributed by atoms with Crippen molar-refractivity contribution in [1.82, 2.24) is 35.0 Å². The van der Waals surface area contributed by atoms with Gasteiger partial charge in [-0.2, -0.15) is 20.7 Å². The molecule has 1 aliphatic carbocycles. The van der Waals surface area contributed by atoms with Crippen LogP contribution in [0.4, 0.5) is 0 Å². The minimum Gasteiger partial charge on any atom is -0.346 e. The predicted octanol–water partition coefficient (Wildman–Crippen LogP) is 2.71. The molecule has 1 saturated carbocycles. The molecule has 0 saturated heterocycles. The number of imidazole rings is 1. The van der Waals surface area contributed by atoms with Crippen LogP contribution in [-0.4, -0.2) is 41.1 Å². The molecule has 27 heavy (non-hydrogen) atoms. The van der Waals surface area contributed by atoms with Gasteiger partial charge in [0.15, 0.2) is 5.82 Å². The van der Waals surface area contributed by atoms with Crippen LogP contribution in [0.15, 0.2) is 24.7 Å². The van der Waals surface area contributed by atoms with E-state index < -0.39 is 0 Å². The Hall–Kier alpha value is -3.41. The summed E-state index contributed by atoms with van der Waals surface area (Å²) in [5, 5.41) is 20.8. The number of nitrogens with one attached hydrogen (secondary N) is 3. The van der Waals surface area contributed by atoms with Crippen molar-refractivity contribution in [3.05, 3.63) is 24.7 Å². The fraction of sp³-hybridized carbons (Fsp3) is 0.389. The zero-order chi connectivity index (χ0) is 18.2. The lowest BCUT2D eigenvalue weighted by atomic mass is 9.85. The Morgan fingerprint density at radius 2 is 2.15 bits per heavy atom. The van der Waals surface area contributed by atoms with E-state index in [1.165, 1.54) is 0 Å². The van der Waals surface area contributed by atoms with Crippen molar-refractivity contribution in [1.29, 1.82) is 5.26 Å². The average Bonchev–Trinajstić information content (AvgIpc) is 3.42. The van der Waals surface area contributed by atoms with E-state index in [0.717, 1.165) is 47.8 Å². The molecule has 4 aromatic rings. The number of nitrogens with zero attached hydrogens (tertiary/aromatic N) is 6. The maximum absolute atomic E-state index is 8.93. The van der Waals surface area contributed by atoms with E-state index in [4.69, 9.17) is 10.2 Å². The van der Waals surface area contributed by atoms with E-state index in [0.29, 0.717) is 29.9 Å². The number of hydrogen-bond acceptors (Lipinski definition) is 6. The third-order valence-electron chi connectivity index (χ3n) is 5.38. The molecule has 5 rings (SSSR count). The molecule has 0 spiro atoms. The summed E-state index contributed by atoms with van der Waals surface area (Å²) in [5.74, 6) is 1.23. The van der Waals surface area contributed by atoms with Gasteiger partial charge >= 0.3 is 0 Å². The molecule has 0 radical (unpaired) electrons. The lowest BCUT2D eigenvalue weighted by Crippen LogP contribution is -2.32. The smallest absolute Gasteiger partial charge is 0.182 e. The fourth-order valence-corrected chi connectivity index (χ4v) is 3.98. The van der Waals surface area contributed by atoms with Gasteiger partial charge in [0, 0.05) is 24.0 Å². The van der Waals surface area contributed by atoms with Crippen LogP contribution in [0.25, 0.3) is 33.6 Å². The predicted molar refractivity (Wildman–Crippen MR) is 100 cm³/mol. The lowest BCUT2D eigenvalue weighted by Gasteiger charge is -2.29. The molecule has 0 amide bonds. The van der Waals surface area contributed by atoms with Crippen LogP contribution in [0.1, 0.15) is 32.1 Å². The van der Waals surface area contributed by atoms with Crippen LogP contribution >= 0.6 is 0 Å². The SMILES string of the molecule is N#CCC1CCC(Nn2c(-c3cn[nH]n3)nc3cnc4[nH]ccc4c32)CC1. The summed E-state index contributed by atoms with van der Waals surface area (Å²) in [6.07, 6.45) is 10.2. The molecule has 1 aliphatic rings. The molecule has 0 aromatic carbocycles. The normalized spacial score (nSPS) is 20.1. The highest BCUT2D eigenvalue weighted by molar-refractivity contribution is 6.02. The summed E-state index contributed by atoms with van der Waals surface area (Å²) in [7, 11) is 0. The standard InChI is InChI=1S/C18H19N9/c19-7-5-11-1-3-12(4-2-11)25-27-16-13-6-8-20-17(13)21-9-14(16)23-18(27)15-10-22-26-24-15/h6,8-12,25H,1-5H2,(H,20,21)(H,22,24,26). The Bertz CT molecular complexity index is 1110. The van der Waals surface area contributed by atoms with Crippen molar-refractivity contribution in [2.45, 2.75) is 38.1 Å². The van der Waals surface area contributed by atoms with Gasteiger partial charge in [0.1, 0.15) is 22.4 Å². The molecule has 0 bridgehead atoms. The second kappa shape index (κ2) is 6.39. The van der Waals surface area contributed by atoms with Crippen LogP contribution in [0.3, 0.4) is 0 Å². The number of aromatic nitrogens is 7. The zero-order valence-corrected chi connectivity index (χ0v) is 14.7. The van der Waals surface area contributed by atoms with Crippen LogP contribution in [0, 0.1) is 17.2 Å². The van der Waals surface area contributed by atoms with Crippen molar-refractivity contribution in [2.24, 2.45) is 5.92 Å². The minimum absolute atomic E-state index is 0.324. The molecule has 1 fully saturated rings. The Morgan fingerprint density at radius 3 is 2.93 bits per heavy atom. The van der Waals surface area contributed by atoms with Crippen molar-refractivity contribution in [3.63, 3.8) is 0 Å². The van der Waals surface area contributed by atoms with Crippen LogP contribution in [0.2, 0.25) is 0 Å². The molecule has 9 heteroatoms. The quantitative estimate of drug-likeness (QED) is 0.513. The van der Waals surface area contributed by atoms with E-state index in [2.05, 4.69) is 36.9 Å². The fourth-order valence-electron chi connectivity index (χ4n) is 3.98. The molecule has 3 N–H and O–H groups in total. The number of pyridine rings is 1. The second-order valence-electron chi connectivity index (χ2n) is 7.07. The van der Waals surface area contributed by atoms with Crippen molar-refractivity contribution in [3.8, 4) is 17.6 Å². The summed E-state index contributed by atoms with van der Waals surface area (Å²) < 4.78 is 2.03. The molecule has 4 heterocycles. The summed E-state index contributed by atoms with van der Waals surface area (Å²) in [4.78, 5) is 12.4. The van der Waals surface area contributed by atoms with Gasteiger partial charge in [-0.05, 0) is 37.7 Å². The van der Waals surface area contributed by atoms with Crippen molar-refractivity contribution in [2.75, 3.05) is 5.43 Å². The Labute approximate surface area is 154 Å². The average molecular weight is 361 g/mol. The number of aromatic amines is 2. The molecule has 136 valence electrons. The molecule has 4 aromatic heterocycles. The largest absolute Gasteiger partial charge is 0.346 e. The van der Waals surface area contributed by atoms with Crippen LogP contribution < -0.4 is 5.43 Å². The number of fused-ring (bicyclic) bond motifs is 3. The Kier molecular flexibility index (Phi) is 3.74. The van der Waals surface area contributed by atoms with Gasteiger partial charge in [0.25, 0.3) is 0 Å². The second-order valence-corrected chi connectivity index (χ2v) is 7.07. The highest BCUT2D eigenvalue weighted by Crippen LogP contribution is 2.30. The van der Waals surface area contributed by atoms with Gasteiger partial charge in [-0.15, -0.1) is 0 Å². The van der Waals surface area contributed by atoms with Gasteiger partial charge in [-0.25, -0.2) is 14.6 Å². The summed E-state index contributed by atoms with van der Waals surface area (Å²) >= 11 is 0. The van der Waals surface area contributed by atoms with E-state index in [9.17, 15) is 0 Å². The van der Waals surface area contributed by atoms with Crippen LogP contribution in [0.5, 0.6) is 0 Å². The third-order valence-corrected chi connectivity index (χ3v) is 5.38. The van der Waals surface area contributed by atoms with Crippen LogP contribution in [-0.2, 0) is 0 Å². The topological polar surface area (TPSA) is 124 Å². The number of nitriles is 1. The first-order valence-corrected chi connectivity index (χ1v) is 9.17. The summed E-state index contributed by atoms with van der Waals surface area (Å²) in [5.41, 5.74) is 6.96. The monoisotopic (exact) mass is 361 g/mol. The van der Waals surface area contributed by atoms with Gasteiger partial charge < -0.3 is 10.4 Å². The van der Waals surface area contributed by atoms with Gasteiger partial charge in [0.2, 0.25) is 0 Å². The van der Waals surface area contributed by atoms with E-state index >= 15 is 0 Å².